The molecule has 0 amide bonds. The van der Waals surface area contributed by atoms with Crippen molar-refractivity contribution in [2.24, 2.45) is 0 Å². The van der Waals surface area contributed by atoms with Crippen molar-refractivity contribution >= 4 is 11.8 Å². The molecular weight excluding hydrogens is 172 g/mol. The van der Waals surface area contributed by atoms with Gasteiger partial charge in [-0.3, -0.25) is 4.68 Å². The van der Waals surface area contributed by atoms with Gasteiger partial charge in [0.25, 0.3) is 0 Å². The lowest BCUT2D eigenvalue weighted by atomic mass is 10.6. The fraction of sp³-hybridized carbons (Fsp3) is 0.714. The lowest BCUT2D eigenvalue weighted by Gasteiger charge is -1.96. The average molecular weight is 186 g/mol. The monoisotopic (exact) mass is 186 g/mol. The van der Waals surface area contributed by atoms with Crippen LogP contribution >= 0.6 is 11.8 Å². The fourth-order valence-electron chi connectivity index (χ4n) is 0.865. The van der Waals surface area contributed by atoms with E-state index in [1.165, 1.54) is 0 Å². The van der Waals surface area contributed by atoms with Gasteiger partial charge in [0.15, 0.2) is 5.82 Å². The standard InChI is InChI=1S/C7H14N4S/c1-8-5-7-9-6-11(10-7)3-4-12-2/h6,8H,3-5H2,1-2H3. The van der Waals surface area contributed by atoms with E-state index in [0.717, 1.165) is 24.7 Å². The van der Waals surface area contributed by atoms with Gasteiger partial charge in [0.1, 0.15) is 6.33 Å². The number of aryl methyl sites for hydroxylation is 1. The normalized spacial score (nSPS) is 10.5. The van der Waals surface area contributed by atoms with Crippen molar-refractivity contribution in [3.05, 3.63) is 12.2 Å². The first kappa shape index (κ1) is 9.54. The first-order valence-electron chi connectivity index (χ1n) is 3.88. The first-order chi connectivity index (χ1) is 5.86. The maximum atomic E-state index is 4.27. The van der Waals surface area contributed by atoms with Gasteiger partial charge in [-0.05, 0) is 13.3 Å². The average Bonchev–Trinajstić information content (AvgIpc) is 2.50. The molecule has 12 heavy (non-hydrogen) atoms. The molecule has 0 atom stereocenters. The van der Waals surface area contributed by atoms with E-state index in [0.29, 0.717) is 0 Å². The van der Waals surface area contributed by atoms with Crippen LogP contribution in [0.2, 0.25) is 0 Å². The summed E-state index contributed by atoms with van der Waals surface area (Å²) in [6.45, 7) is 1.68. The number of rotatable bonds is 5. The summed E-state index contributed by atoms with van der Waals surface area (Å²) in [4.78, 5) is 4.14. The third-order valence-electron chi connectivity index (χ3n) is 1.44. The van der Waals surface area contributed by atoms with Crippen molar-refractivity contribution in [2.75, 3.05) is 19.1 Å². The van der Waals surface area contributed by atoms with Crippen LogP contribution in [-0.4, -0.2) is 33.8 Å². The number of aromatic nitrogens is 3. The van der Waals surface area contributed by atoms with Crippen molar-refractivity contribution < 1.29 is 0 Å². The minimum Gasteiger partial charge on any atom is -0.313 e. The molecule has 4 nitrogen and oxygen atoms in total. The number of hydrogen-bond acceptors (Lipinski definition) is 4. The number of thioether (sulfide) groups is 1. The van der Waals surface area contributed by atoms with E-state index in [2.05, 4.69) is 21.7 Å². The van der Waals surface area contributed by atoms with Gasteiger partial charge in [-0.2, -0.15) is 16.9 Å². The van der Waals surface area contributed by atoms with Crippen LogP contribution in [-0.2, 0) is 13.1 Å². The maximum Gasteiger partial charge on any atom is 0.164 e. The van der Waals surface area contributed by atoms with Gasteiger partial charge in [0.2, 0.25) is 0 Å². The largest absolute Gasteiger partial charge is 0.313 e. The third-order valence-corrected chi connectivity index (χ3v) is 2.03. The van der Waals surface area contributed by atoms with Gasteiger partial charge in [-0.15, -0.1) is 0 Å². The molecule has 0 aromatic carbocycles. The van der Waals surface area contributed by atoms with E-state index < -0.39 is 0 Å². The van der Waals surface area contributed by atoms with Gasteiger partial charge in [0.05, 0.1) is 13.1 Å². The van der Waals surface area contributed by atoms with E-state index in [1.54, 1.807) is 6.33 Å². The molecule has 0 aliphatic rings. The van der Waals surface area contributed by atoms with Crippen molar-refractivity contribution in [1.82, 2.24) is 20.1 Å². The molecule has 1 rings (SSSR count). The van der Waals surface area contributed by atoms with Gasteiger partial charge < -0.3 is 5.32 Å². The lowest BCUT2D eigenvalue weighted by molar-refractivity contribution is 0.643. The van der Waals surface area contributed by atoms with Crippen molar-refractivity contribution in [2.45, 2.75) is 13.1 Å². The highest BCUT2D eigenvalue weighted by Crippen LogP contribution is 1.94. The first-order valence-corrected chi connectivity index (χ1v) is 5.28. The highest BCUT2D eigenvalue weighted by Gasteiger charge is 1.97. The summed E-state index contributed by atoms with van der Waals surface area (Å²) in [6, 6.07) is 0. The van der Waals surface area contributed by atoms with Crippen LogP contribution in [0.5, 0.6) is 0 Å². The molecule has 5 heteroatoms. The molecule has 0 radical (unpaired) electrons. The Morgan fingerprint density at radius 1 is 1.67 bits per heavy atom. The quantitative estimate of drug-likeness (QED) is 0.721. The zero-order valence-electron chi connectivity index (χ0n) is 7.45. The Bertz CT molecular complexity index is 223. The highest BCUT2D eigenvalue weighted by molar-refractivity contribution is 7.98. The molecule has 68 valence electrons. The molecule has 0 aliphatic heterocycles. The van der Waals surface area contributed by atoms with Crippen molar-refractivity contribution in [3.63, 3.8) is 0 Å². The van der Waals surface area contributed by atoms with E-state index in [9.17, 15) is 0 Å². The zero-order valence-corrected chi connectivity index (χ0v) is 8.27. The molecule has 1 aromatic heterocycles. The van der Waals surface area contributed by atoms with E-state index in [1.807, 2.05) is 23.5 Å². The molecule has 0 saturated heterocycles. The molecule has 1 N–H and O–H groups in total. The summed E-state index contributed by atoms with van der Waals surface area (Å²) < 4.78 is 1.88. The number of hydrogen-bond donors (Lipinski definition) is 1. The van der Waals surface area contributed by atoms with E-state index >= 15 is 0 Å². The lowest BCUT2D eigenvalue weighted by Crippen LogP contribution is -2.08. The Hall–Kier alpha value is -0.550. The summed E-state index contributed by atoms with van der Waals surface area (Å²) in [5.41, 5.74) is 0. The Morgan fingerprint density at radius 3 is 3.17 bits per heavy atom. The second kappa shape index (κ2) is 5.16. The molecular formula is C7H14N4S. The van der Waals surface area contributed by atoms with E-state index in [-0.39, 0.29) is 0 Å². The van der Waals surface area contributed by atoms with Gasteiger partial charge in [-0.25, -0.2) is 4.98 Å². The minimum atomic E-state index is 0.742. The third kappa shape index (κ3) is 2.83. The summed E-state index contributed by atoms with van der Waals surface area (Å²) in [5.74, 6) is 1.95. The summed E-state index contributed by atoms with van der Waals surface area (Å²) in [7, 11) is 1.89. The molecule has 0 unspecified atom stereocenters. The van der Waals surface area contributed by atoms with Gasteiger partial charge in [-0.1, -0.05) is 0 Å². The van der Waals surface area contributed by atoms with Crippen LogP contribution in [0.15, 0.2) is 6.33 Å². The molecule has 1 heterocycles. The summed E-state index contributed by atoms with van der Waals surface area (Å²) in [6.07, 6.45) is 3.87. The molecule has 0 bridgehead atoms. The van der Waals surface area contributed by atoms with Crippen LogP contribution in [0.25, 0.3) is 0 Å². The van der Waals surface area contributed by atoms with Gasteiger partial charge in [0, 0.05) is 5.75 Å². The van der Waals surface area contributed by atoms with Crippen LogP contribution in [0.3, 0.4) is 0 Å². The minimum absolute atomic E-state index is 0.742. The molecule has 0 saturated carbocycles. The summed E-state index contributed by atoms with van der Waals surface area (Å²) in [5, 5.41) is 7.28. The van der Waals surface area contributed by atoms with Gasteiger partial charge >= 0.3 is 0 Å². The van der Waals surface area contributed by atoms with Crippen LogP contribution in [0.4, 0.5) is 0 Å². The maximum absolute atomic E-state index is 4.27. The molecule has 0 spiro atoms. The topological polar surface area (TPSA) is 42.7 Å². The molecule has 1 aromatic rings. The van der Waals surface area contributed by atoms with Crippen molar-refractivity contribution in [3.8, 4) is 0 Å². The number of nitrogens with one attached hydrogen (secondary N) is 1. The summed E-state index contributed by atoms with van der Waals surface area (Å²) >= 11 is 1.81. The Balaban J connectivity index is 2.41. The number of nitrogens with zero attached hydrogens (tertiary/aromatic N) is 3. The molecule has 0 aliphatic carbocycles. The van der Waals surface area contributed by atoms with Crippen LogP contribution in [0.1, 0.15) is 5.82 Å². The predicted molar refractivity (Wildman–Crippen MR) is 51.2 cm³/mol. The van der Waals surface area contributed by atoms with E-state index in [4.69, 9.17) is 0 Å². The van der Waals surface area contributed by atoms with Crippen molar-refractivity contribution in [1.29, 1.82) is 0 Å². The fourth-order valence-corrected chi connectivity index (χ4v) is 1.23. The molecule has 0 fully saturated rings. The highest BCUT2D eigenvalue weighted by atomic mass is 32.2. The second-order valence-electron chi connectivity index (χ2n) is 2.45. The Morgan fingerprint density at radius 2 is 2.50 bits per heavy atom. The predicted octanol–water partition coefficient (Wildman–Crippen LogP) is 0.360. The Labute approximate surface area is 76.8 Å². The smallest absolute Gasteiger partial charge is 0.164 e. The van der Waals surface area contributed by atoms with Crippen LogP contribution in [0, 0.1) is 0 Å². The van der Waals surface area contributed by atoms with Crippen LogP contribution < -0.4 is 5.32 Å². The second-order valence-corrected chi connectivity index (χ2v) is 3.43. The zero-order chi connectivity index (χ0) is 8.81. The Kier molecular flexibility index (Phi) is 4.10. The SMILES string of the molecule is CNCc1ncn(CCSC)n1.